The molecule has 12 heteroatoms. The summed E-state index contributed by atoms with van der Waals surface area (Å²) in [6.07, 6.45) is 3.89. The second-order valence-corrected chi connectivity index (χ2v) is 10.4. The molecule has 3 heterocycles. The Morgan fingerprint density at radius 1 is 1.33 bits per heavy atom. The van der Waals surface area contributed by atoms with Crippen LogP contribution in [0.3, 0.4) is 0 Å². The van der Waals surface area contributed by atoms with Crippen molar-refractivity contribution in [2.24, 2.45) is 0 Å². The summed E-state index contributed by atoms with van der Waals surface area (Å²) in [7, 11) is -3.98. The predicted molar refractivity (Wildman–Crippen MR) is 122 cm³/mol. The zero-order valence-electron chi connectivity index (χ0n) is 17.6. The number of carbonyl (C=O) groups excluding carboxylic acids is 1. The molecule has 1 atom stereocenters. The molecular weight excluding hydrogens is 522 g/mol. The van der Waals surface area contributed by atoms with E-state index in [4.69, 9.17) is 4.74 Å². The van der Waals surface area contributed by atoms with Gasteiger partial charge in [0.05, 0.1) is 16.7 Å². The number of nitrogens with one attached hydrogen (secondary N) is 1. The van der Waals surface area contributed by atoms with Crippen LogP contribution in [0.25, 0.3) is 11.0 Å². The molecule has 176 valence electrons. The average molecular weight is 543 g/mol. The molecule has 0 aliphatic carbocycles. The van der Waals surface area contributed by atoms with Gasteiger partial charge in [0.15, 0.2) is 17.7 Å². The zero-order chi connectivity index (χ0) is 23.8. The summed E-state index contributed by atoms with van der Waals surface area (Å²) in [6, 6.07) is 3.45. The third kappa shape index (κ3) is 4.78. The van der Waals surface area contributed by atoms with Crippen LogP contribution in [0.5, 0.6) is 0 Å². The molecule has 0 spiro atoms. The molecule has 33 heavy (non-hydrogen) atoms. The number of benzene rings is 1. The van der Waals surface area contributed by atoms with Crippen LogP contribution in [0.2, 0.25) is 0 Å². The van der Waals surface area contributed by atoms with E-state index in [0.717, 1.165) is 25.0 Å². The number of ether oxygens (including phenoxy) is 1. The number of halogens is 3. The van der Waals surface area contributed by atoms with Crippen LogP contribution in [-0.2, 0) is 14.8 Å². The van der Waals surface area contributed by atoms with Gasteiger partial charge in [0.2, 0.25) is 15.8 Å². The van der Waals surface area contributed by atoms with E-state index < -0.39 is 44.9 Å². The maximum absolute atomic E-state index is 15.2. The smallest absolute Gasteiger partial charge is 0.232 e. The number of fused-ring (bicyclic) bond motifs is 1. The van der Waals surface area contributed by atoms with E-state index >= 15 is 4.39 Å². The first kappa shape index (κ1) is 23.7. The van der Waals surface area contributed by atoms with Crippen molar-refractivity contribution < 1.29 is 26.7 Å². The lowest BCUT2D eigenvalue weighted by Gasteiger charge is -2.22. The van der Waals surface area contributed by atoms with Crippen molar-refractivity contribution in [3.8, 4) is 0 Å². The molecular formula is C21H21BrF2N4O4S. The summed E-state index contributed by atoms with van der Waals surface area (Å²) in [4.78, 5) is 17.7. The van der Waals surface area contributed by atoms with Crippen LogP contribution in [0.4, 0.5) is 14.5 Å². The van der Waals surface area contributed by atoms with E-state index in [1.54, 1.807) is 19.2 Å². The topological polar surface area (TPSA) is 103 Å². The second-order valence-electron chi connectivity index (χ2n) is 7.67. The van der Waals surface area contributed by atoms with Crippen molar-refractivity contribution in [1.29, 1.82) is 0 Å². The van der Waals surface area contributed by atoms with E-state index in [-0.39, 0.29) is 17.9 Å². The van der Waals surface area contributed by atoms with Gasteiger partial charge in [-0.1, -0.05) is 6.92 Å². The lowest BCUT2D eigenvalue weighted by atomic mass is 10.0. The van der Waals surface area contributed by atoms with Gasteiger partial charge in [-0.15, -0.1) is 0 Å². The molecule has 1 unspecified atom stereocenters. The molecule has 8 nitrogen and oxygen atoms in total. The minimum absolute atomic E-state index is 0.0964. The molecule has 1 saturated heterocycles. The second kappa shape index (κ2) is 9.43. The van der Waals surface area contributed by atoms with Gasteiger partial charge in [0.1, 0.15) is 17.2 Å². The summed E-state index contributed by atoms with van der Waals surface area (Å²) in [5, 5.41) is 4.75. The minimum Gasteiger partial charge on any atom is -0.356 e. The van der Waals surface area contributed by atoms with Crippen LogP contribution < -0.4 is 4.72 Å². The first-order valence-corrected chi connectivity index (χ1v) is 12.8. The van der Waals surface area contributed by atoms with Gasteiger partial charge in [-0.05, 0) is 59.8 Å². The highest BCUT2D eigenvalue weighted by Crippen LogP contribution is 2.31. The van der Waals surface area contributed by atoms with E-state index in [9.17, 15) is 17.6 Å². The Bertz CT molecular complexity index is 1320. The molecule has 1 aromatic carbocycles. The fourth-order valence-corrected chi connectivity index (χ4v) is 5.18. The van der Waals surface area contributed by atoms with Crippen LogP contribution in [0.1, 0.15) is 54.9 Å². The van der Waals surface area contributed by atoms with Crippen molar-refractivity contribution >= 4 is 48.5 Å². The summed E-state index contributed by atoms with van der Waals surface area (Å²) in [5.74, 6) is -3.58. The SMILES string of the molecule is CCCS(=O)(=O)Nc1c(F)ccc(C(=O)c2nn(C3CCCCO3)c3ncc(Br)cc23)c1F. The number of pyridine rings is 1. The number of rotatable bonds is 7. The lowest BCUT2D eigenvalue weighted by molar-refractivity contribution is -0.0371. The highest BCUT2D eigenvalue weighted by Gasteiger charge is 2.29. The molecule has 1 N–H and O–H groups in total. The van der Waals surface area contributed by atoms with Gasteiger partial charge in [-0.25, -0.2) is 26.9 Å². The Labute approximate surface area is 197 Å². The Morgan fingerprint density at radius 2 is 2.12 bits per heavy atom. The summed E-state index contributed by atoms with van der Waals surface area (Å²) in [5.41, 5.74) is -1.12. The number of sulfonamides is 1. The van der Waals surface area contributed by atoms with Crippen molar-refractivity contribution in [1.82, 2.24) is 14.8 Å². The molecule has 2 aromatic heterocycles. The van der Waals surface area contributed by atoms with Gasteiger partial charge in [0.25, 0.3) is 0 Å². The average Bonchev–Trinajstić information content (AvgIpc) is 3.15. The number of nitrogens with zero attached hydrogens (tertiary/aromatic N) is 3. The van der Waals surface area contributed by atoms with Gasteiger partial charge in [-0.2, -0.15) is 5.10 Å². The molecule has 3 aromatic rings. The fraction of sp³-hybridized carbons (Fsp3) is 0.381. The third-order valence-electron chi connectivity index (χ3n) is 5.22. The van der Waals surface area contributed by atoms with E-state index in [1.807, 2.05) is 4.72 Å². The fourth-order valence-electron chi connectivity index (χ4n) is 3.71. The maximum atomic E-state index is 15.2. The molecule has 0 saturated carbocycles. The highest BCUT2D eigenvalue weighted by molar-refractivity contribution is 9.10. The molecule has 0 bridgehead atoms. The van der Waals surface area contributed by atoms with E-state index in [1.165, 1.54) is 4.68 Å². The number of aromatic nitrogens is 3. The number of carbonyl (C=O) groups is 1. The Hall–Kier alpha value is -2.44. The van der Waals surface area contributed by atoms with Gasteiger partial charge in [-0.3, -0.25) is 9.52 Å². The molecule has 1 aliphatic heterocycles. The van der Waals surface area contributed by atoms with Crippen LogP contribution in [0.15, 0.2) is 28.9 Å². The van der Waals surface area contributed by atoms with Gasteiger partial charge < -0.3 is 4.74 Å². The maximum Gasteiger partial charge on any atom is 0.232 e. The van der Waals surface area contributed by atoms with Gasteiger partial charge >= 0.3 is 0 Å². The number of anilines is 1. The van der Waals surface area contributed by atoms with Crippen molar-refractivity contribution in [2.45, 2.75) is 38.8 Å². The minimum atomic E-state index is -3.98. The van der Waals surface area contributed by atoms with Crippen molar-refractivity contribution in [3.63, 3.8) is 0 Å². The van der Waals surface area contributed by atoms with E-state index in [0.29, 0.717) is 28.5 Å². The van der Waals surface area contributed by atoms with Crippen LogP contribution >= 0.6 is 15.9 Å². The Morgan fingerprint density at radius 3 is 2.82 bits per heavy atom. The van der Waals surface area contributed by atoms with Crippen molar-refractivity contribution in [3.05, 3.63) is 51.8 Å². The zero-order valence-corrected chi connectivity index (χ0v) is 20.0. The highest BCUT2D eigenvalue weighted by atomic mass is 79.9. The molecule has 4 rings (SSSR count). The first-order chi connectivity index (χ1) is 15.7. The van der Waals surface area contributed by atoms with Gasteiger partial charge in [0, 0.05) is 17.3 Å². The molecule has 0 radical (unpaired) electrons. The largest absolute Gasteiger partial charge is 0.356 e. The normalized spacial score (nSPS) is 16.8. The molecule has 1 fully saturated rings. The number of ketones is 1. The standard InChI is InChI=1S/C21H21BrF2N4O4S/c1-2-9-33(30,31)27-19-15(23)7-6-13(17(19)24)20(29)18-14-10-12(22)11-25-21(14)28(26-18)16-5-3-4-8-32-16/h6-7,10-11,16,27H,2-5,8-9H2,1H3. The molecule has 0 amide bonds. The quantitative estimate of drug-likeness (QED) is 0.439. The third-order valence-corrected chi connectivity index (χ3v) is 7.12. The Kier molecular flexibility index (Phi) is 6.78. The van der Waals surface area contributed by atoms with Crippen molar-refractivity contribution in [2.75, 3.05) is 17.1 Å². The number of hydrogen-bond acceptors (Lipinski definition) is 6. The van der Waals surface area contributed by atoms with Crippen LogP contribution in [0, 0.1) is 11.6 Å². The summed E-state index contributed by atoms with van der Waals surface area (Å²) >= 11 is 3.32. The predicted octanol–water partition coefficient (Wildman–Crippen LogP) is 4.55. The van der Waals surface area contributed by atoms with Crippen LogP contribution in [-0.4, -0.2) is 41.3 Å². The monoisotopic (exact) mass is 542 g/mol. The summed E-state index contributed by atoms with van der Waals surface area (Å²) in [6.45, 7) is 2.16. The molecule has 1 aliphatic rings. The Balaban J connectivity index is 1.81. The summed E-state index contributed by atoms with van der Waals surface area (Å²) < 4.78 is 63.4. The number of hydrogen-bond donors (Lipinski definition) is 1. The first-order valence-electron chi connectivity index (χ1n) is 10.4. The lowest BCUT2D eigenvalue weighted by Crippen LogP contribution is -2.20. The van der Waals surface area contributed by atoms with E-state index in [2.05, 4.69) is 26.0 Å².